The number of hydrogen-bond donors (Lipinski definition) is 3. The second kappa shape index (κ2) is 9.60. The van der Waals surface area contributed by atoms with Gasteiger partial charge in [0.1, 0.15) is 6.04 Å². The normalized spacial score (nSPS) is 13.3. The van der Waals surface area contributed by atoms with Crippen molar-refractivity contribution in [2.75, 3.05) is 0 Å². The van der Waals surface area contributed by atoms with Gasteiger partial charge in [0, 0.05) is 23.7 Å². The highest BCUT2D eigenvalue weighted by molar-refractivity contribution is 5.95. The van der Waals surface area contributed by atoms with Gasteiger partial charge in [0.25, 0.3) is 0 Å². The van der Waals surface area contributed by atoms with Crippen molar-refractivity contribution in [1.82, 2.24) is 9.78 Å². The van der Waals surface area contributed by atoms with Crippen molar-refractivity contribution in [1.29, 1.82) is 0 Å². The number of aliphatic hydroxyl groups excluding tert-OH is 1. The molecular formula is C26H23N3O4. The molecule has 0 aliphatic heterocycles. The van der Waals surface area contributed by atoms with E-state index in [0.29, 0.717) is 11.3 Å². The molecule has 0 aliphatic rings. The van der Waals surface area contributed by atoms with E-state index in [9.17, 15) is 14.7 Å². The molecule has 0 unspecified atom stereocenters. The molecule has 2 atom stereocenters. The van der Waals surface area contributed by atoms with Crippen LogP contribution in [0.25, 0.3) is 33.8 Å². The fourth-order valence-electron chi connectivity index (χ4n) is 3.53. The molecule has 0 fully saturated rings. The monoisotopic (exact) mass is 441 g/mol. The highest BCUT2D eigenvalue weighted by atomic mass is 16.4. The fourth-order valence-corrected chi connectivity index (χ4v) is 3.53. The lowest BCUT2D eigenvalue weighted by Gasteiger charge is -2.12. The molecule has 0 aliphatic carbocycles. The third-order valence-corrected chi connectivity index (χ3v) is 5.34. The predicted molar refractivity (Wildman–Crippen MR) is 127 cm³/mol. The molecule has 1 aromatic heterocycles. The second-order valence-electron chi connectivity index (χ2n) is 7.71. The van der Waals surface area contributed by atoms with E-state index in [2.05, 4.69) is 0 Å². The van der Waals surface area contributed by atoms with Crippen molar-refractivity contribution in [3.63, 3.8) is 0 Å². The Hall–Kier alpha value is -4.07. The Labute approximate surface area is 190 Å². The van der Waals surface area contributed by atoms with Gasteiger partial charge in [-0.25, -0.2) is 4.68 Å². The van der Waals surface area contributed by atoms with Gasteiger partial charge in [-0.05, 0) is 41.1 Å². The van der Waals surface area contributed by atoms with Gasteiger partial charge in [-0.1, -0.05) is 54.6 Å². The lowest BCUT2D eigenvalue weighted by molar-refractivity contribution is -0.141. The van der Waals surface area contributed by atoms with Gasteiger partial charge in [-0.15, -0.1) is 0 Å². The van der Waals surface area contributed by atoms with Crippen LogP contribution in [-0.4, -0.2) is 43.9 Å². The van der Waals surface area contributed by atoms with Crippen LogP contribution in [0.5, 0.6) is 0 Å². The summed E-state index contributed by atoms with van der Waals surface area (Å²) in [6, 6.07) is 22.2. The van der Waals surface area contributed by atoms with Gasteiger partial charge in [0.05, 0.1) is 17.5 Å². The van der Waals surface area contributed by atoms with Crippen molar-refractivity contribution in [3.8, 4) is 16.9 Å². The third-order valence-electron chi connectivity index (χ3n) is 5.34. The number of carbonyl (C=O) groups excluding carboxylic acids is 1. The summed E-state index contributed by atoms with van der Waals surface area (Å²) in [7, 11) is 0. The number of allylic oxidation sites excluding steroid dienone is 1. The first kappa shape index (κ1) is 22.1. The van der Waals surface area contributed by atoms with Crippen molar-refractivity contribution in [3.05, 3.63) is 90.6 Å². The molecule has 7 heteroatoms. The number of nitrogens with zero attached hydrogens (tertiary/aromatic N) is 2. The number of aromatic nitrogens is 2. The van der Waals surface area contributed by atoms with E-state index in [1.807, 2.05) is 79.0 Å². The van der Waals surface area contributed by atoms with Crippen LogP contribution in [0.2, 0.25) is 0 Å². The summed E-state index contributed by atoms with van der Waals surface area (Å²) >= 11 is 0. The summed E-state index contributed by atoms with van der Waals surface area (Å²) in [5, 5.41) is 25.7. The first-order chi connectivity index (χ1) is 15.9. The Kier molecular flexibility index (Phi) is 6.44. The average Bonchev–Trinajstić information content (AvgIpc) is 3.26. The lowest BCUT2D eigenvalue weighted by atomic mass is 10.0. The van der Waals surface area contributed by atoms with Crippen LogP contribution in [0.4, 0.5) is 0 Å². The van der Waals surface area contributed by atoms with E-state index in [1.54, 1.807) is 10.8 Å². The second-order valence-corrected chi connectivity index (χ2v) is 7.71. The Balaban J connectivity index is 1.68. The first-order valence-electron chi connectivity index (χ1n) is 10.4. The van der Waals surface area contributed by atoms with E-state index in [0.717, 1.165) is 22.0 Å². The molecule has 0 saturated carbocycles. The summed E-state index contributed by atoms with van der Waals surface area (Å²) in [5.41, 5.74) is 8.55. The van der Waals surface area contributed by atoms with Crippen LogP contribution in [0.3, 0.4) is 0 Å². The third kappa shape index (κ3) is 5.06. The molecule has 7 nitrogen and oxygen atoms in total. The van der Waals surface area contributed by atoms with Gasteiger partial charge in [0.15, 0.2) is 5.78 Å². The fraction of sp³-hybridized carbons (Fsp3) is 0.115. The molecule has 3 aromatic carbocycles. The van der Waals surface area contributed by atoms with Crippen molar-refractivity contribution in [2.24, 2.45) is 5.73 Å². The van der Waals surface area contributed by atoms with Gasteiger partial charge in [-0.2, -0.15) is 5.10 Å². The van der Waals surface area contributed by atoms with Gasteiger partial charge in [-0.3, -0.25) is 9.59 Å². The zero-order chi connectivity index (χ0) is 23.4. The number of fused-ring (bicyclic) bond motifs is 1. The minimum Gasteiger partial charge on any atom is -0.480 e. The number of benzene rings is 3. The Bertz CT molecular complexity index is 1330. The van der Waals surface area contributed by atoms with E-state index >= 15 is 0 Å². The first-order valence-corrected chi connectivity index (χ1v) is 10.4. The minimum absolute atomic E-state index is 0.387. The Morgan fingerprint density at radius 2 is 1.70 bits per heavy atom. The molecule has 0 radical (unpaired) electrons. The van der Waals surface area contributed by atoms with Gasteiger partial charge in [0.2, 0.25) is 0 Å². The van der Waals surface area contributed by atoms with E-state index < -0.39 is 23.9 Å². The molecule has 4 aromatic rings. The van der Waals surface area contributed by atoms with Gasteiger partial charge >= 0.3 is 5.97 Å². The molecule has 0 spiro atoms. The van der Waals surface area contributed by atoms with E-state index in [4.69, 9.17) is 15.9 Å². The molecule has 0 bridgehead atoms. The number of carbonyl (C=O) groups is 2. The van der Waals surface area contributed by atoms with Crippen LogP contribution in [0.1, 0.15) is 12.0 Å². The molecule has 4 N–H and O–H groups in total. The van der Waals surface area contributed by atoms with Crippen molar-refractivity contribution < 1.29 is 19.8 Å². The number of aliphatic hydroxyl groups is 1. The van der Waals surface area contributed by atoms with Crippen molar-refractivity contribution >= 4 is 28.6 Å². The van der Waals surface area contributed by atoms with Crippen LogP contribution in [-0.2, 0) is 9.59 Å². The van der Waals surface area contributed by atoms with Crippen LogP contribution in [0.15, 0.2) is 85.1 Å². The number of carboxylic acids is 1. The number of ketones is 1. The lowest BCUT2D eigenvalue weighted by Crippen LogP contribution is -2.42. The molecule has 1 heterocycles. The number of hydrogen-bond acceptors (Lipinski definition) is 5. The van der Waals surface area contributed by atoms with E-state index in [-0.39, 0.29) is 6.42 Å². The van der Waals surface area contributed by atoms with Crippen LogP contribution < -0.4 is 5.73 Å². The Morgan fingerprint density at radius 1 is 1.00 bits per heavy atom. The number of nitrogens with two attached hydrogens (primary N) is 1. The van der Waals surface area contributed by atoms with Gasteiger partial charge < -0.3 is 15.9 Å². The number of rotatable bonds is 8. The molecule has 0 saturated heterocycles. The summed E-state index contributed by atoms with van der Waals surface area (Å²) in [6.07, 6.45) is 2.91. The zero-order valence-corrected chi connectivity index (χ0v) is 17.7. The standard InChI is InChI=1S/C26H23N3O4/c27-24(26(32)33)23(31)15-22(30)13-12-20-16-29(21-8-2-1-3-9-21)28-25(20)19-11-10-17-6-4-5-7-18(17)14-19/h1-14,16,23-24,31H,15,27H2,(H,32,33)/t23-,24+/m1/s1. The maximum Gasteiger partial charge on any atom is 0.323 e. The number of para-hydroxylation sites is 1. The molecular weight excluding hydrogens is 418 g/mol. The SMILES string of the molecule is N[C@H](C(=O)O)[C@H](O)CC(=O)C=Cc1cn(-c2ccccc2)nc1-c1ccc2ccccc2c1. The summed E-state index contributed by atoms with van der Waals surface area (Å²) in [4.78, 5) is 23.2. The zero-order valence-electron chi connectivity index (χ0n) is 17.7. The highest BCUT2D eigenvalue weighted by Crippen LogP contribution is 2.28. The summed E-state index contributed by atoms with van der Waals surface area (Å²) < 4.78 is 1.74. The summed E-state index contributed by atoms with van der Waals surface area (Å²) in [5.74, 6) is -1.79. The predicted octanol–water partition coefficient (Wildman–Crippen LogP) is 3.44. The van der Waals surface area contributed by atoms with Crippen molar-refractivity contribution in [2.45, 2.75) is 18.6 Å². The van der Waals surface area contributed by atoms with E-state index in [1.165, 1.54) is 6.08 Å². The maximum atomic E-state index is 12.3. The largest absolute Gasteiger partial charge is 0.480 e. The average molecular weight is 441 g/mol. The maximum absolute atomic E-state index is 12.3. The quantitative estimate of drug-likeness (QED) is 0.361. The minimum atomic E-state index is -1.52. The Morgan fingerprint density at radius 3 is 2.42 bits per heavy atom. The topological polar surface area (TPSA) is 118 Å². The number of carboxylic acid groups (broad SMARTS) is 1. The smallest absolute Gasteiger partial charge is 0.323 e. The highest BCUT2D eigenvalue weighted by Gasteiger charge is 2.23. The molecule has 166 valence electrons. The van der Waals surface area contributed by atoms with Crippen LogP contribution in [0, 0.1) is 0 Å². The molecule has 0 amide bonds. The molecule has 4 rings (SSSR count). The summed E-state index contributed by atoms with van der Waals surface area (Å²) in [6.45, 7) is 0. The molecule has 33 heavy (non-hydrogen) atoms. The van der Waals surface area contributed by atoms with Crippen LogP contribution >= 0.6 is 0 Å². The number of aliphatic carboxylic acids is 1.